The Morgan fingerprint density at radius 1 is 1.18 bits per heavy atom. The molecular weight excluding hydrogens is 172 g/mol. The molecule has 4 nitrogen and oxygen atoms in total. The van der Waals surface area contributed by atoms with Gasteiger partial charge in [-0.3, -0.25) is 0 Å². The van der Waals surface area contributed by atoms with Crippen molar-refractivity contribution in [2.75, 3.05) is 0 Å². The summed E-state index contributed by atoms with van der Waals surface area (Å²) in [4.78, 5) is 0. The third-order valence-corrected chi connectivity index (χ3v) is 2.30. The van der Waals surface area contributed by atoms with E-state index in [9.17, 15) is 5.11 Å². The van der Waals surface area contributed by atoms with Gasteiger partial charge < -0.3 is 20.1 Å². The number of aliphatic hydroxyl groups excluding tert-OH is 3. The smallest absolute Gasteiger partial charge is 0.182 e. The maximum atomic E-state index is 9.21. The molecule has 0 amide bonds. The van der Waals surface area contributed by atoms with E-state index in [1.807, 2.05) is 0 Å². The first kappa shape index (κ1) is 9.22. The topological polar surface area (TPSA) is 69.9 Å². The maximum absolute atomic E-state index is 9.21. The average Bonchev–Trinajstić information content (AvgIpc) is 1.97. The Morgan fingerprint density at radius 3 is 2.27 bits per heavy atom. The van der Waals surface area contributed by atoms with Crippen molar-refractivity contribution in [1.82, 2.24) is 0 Å². The van der Waals surface area contributed by atoms with Crippen LogP contribution in [0.4, 0.5) is 0 Å². The van der Waals surface area contributed by atoms with E-state index in [2.05, 4.69) is 0 Å². The van der Waals surface area contributed by atoms with Gasteiger partial charge in [0.05, 0.1) is 17.6 Å². The van der Waals surface area contributed by atoms with Crippen LogP contribution in [0.3, 0.4) is 0 Å². The normalized spacial score (nSPS) is 52.6. The van der Waals surface area contributed by atoms with Gasteiger partial charge in [0.15, 0.2) is 6.29 Å². The quantitative estimate of drug-likeness (QED) is 0.423. The second-order valence-corrected chi connectivity index (χ2v) is 3.16. The molecule has 0 unspecified atom stereocenters. The van der Waals surface area contributed by atoms with Gasteiger partial charge in [0, 0.05) is 0 Å². The van der Waals surface area contributed by atoms with Crippen molar-refractivity contribution in [1.29, 1.82) is 0 Å². The summed E-state index contributed by atoms with van der Waals surface area (Å²) in [5.74, 6) is 0. The molecule has 5 heteroatoms. The summed E-state index contributed by atoms with van der Waals surface area (Å²) in [7, 11) is 0. The fraction of sp³-hybridized carbons (Fsp3) is 1.00. The third kappa shape index (κ3) is 1.65. The molecule has 11 heavy (non-hydrogen) atoms. The van der Waals surface area contributed by atoms with E-state index < -0.39 is 30.0 Å². The van der Waals surface area contributed by atoms with E-state index in [4.69, 9.17) is 26.6 Å². The monoisotopic (exact) mass is 182 g/mol. The molecule has 1 saturated heterocycles. The summed E-state index contributed by atoms with van der Waals surface area (Å²) in [6, 6.07) is 0. The lowest BCUT2D eigenvalue weighted by atomic mass is 10.0. The molecular formula is C6H11ClO4. The molecule has 3 N–H and O–H groups in total. The van der Waals surface area contributed by atoms with Crippen molar-refractivity contribution in [3.63, 3.8) is 0 Å². The minimum Gasteiger partial charge on any atom is -0.389 e. The van der Waals surface area contributed by atoms with Gasteiger partial charge in [-0.1, -0.05) is 0 Å². The third-order valence-electron chi connectivity index (χ3n) is 1.78. The van der Waals surface area contributed by atoms with Crippen LogP contribution in [-0.2, 0) is 4.74 Å². The Kier molecular flexibility index (Phi) is 2.72. The number of hydrogen-bond acceptors (Lipinski definition) is 4. The number of aliphatic hydroxyl groups is 3. The van der Waals surface area contributed by atoms with E-state index in [1.54, 1.807) is 6.92 Å². The van der Waals surface area contributed by atoms with Gasteiger partial charge in [0.25, 0.3) is 0 Å². The molecule has 66 valence electrons. The highest BCUT2D eigenvalue weighted by molar-refractivity contribution is 6.21. The molecule has 1 rings (SSSR count). The van der Waals surface area contributed by atoms with Crippen LogP contribution in [0, 0.1) is 0 Å². The summed E-state index contributed by atoms with van der Waals surface area (Å²) in [5.41, 5.74) is 0. The van der Waals surface area contributed by atoms with E-state index in [0.29, 0.717) is 0 Å². The van der Waals surface area contributed by atoms with Crippen molar-refractivity contribution in [2.24, 2.45) is 0 Å². The second kappa shape index (κ2) is 3.25. The molecule has 0 saturated carbocycles. The van der Waals surface area contributed by atoms with Gasteiger partial charge in [-0.15, -0.1) is 11.6 Å². The van der Waals surface area contributed by atoms with Crippen LogP contribution in [-0.4, -0.2) is 45.3 Å². The molecule has 1 aliphatic rings. The SMILES string of the molecule is C[C@H]1O[C@@H](O)[C@H](O)[C@H](Cl)[C@@H]1O. The Balaban J connectivity index is 2.63. The highest BCUT2D eigenvalue weighted by atomic mass is 35.5. The van der Waals surface area contributed by atoms with Crippen molar-refractivity contribution < 1.29 is 20.1 Å². The zero-order valence-corrected chi connectivity index (χ0v) is 6.77. The largest absolute Gasteiger partial charge is 0.389 e. The van der Waals surface area contributed by atoms with Crippen LogP contribution in [0.15, 0.2) is 0 Å². The van der Waals surface area contributed by atoms with Crippen LogP contribution >= 0.6 is 11.6 Å². The summed E-state index contributed by atoms with van der Waals surface area (Å²) in [6.45, 7) is 1.58. The van der Waals surface area contributed by atoms with Gasteiger partial charge in [-0.05, 0) is 6.92 Å². The zero-order valence-electron chi connectivity index (χ0n) is 6.01. The van der Waals surface area contributed by atoms with Gasteiger partial charge in [0.2, 0.25) is 0 Å². The van der Waals surface area contributed by atoms with Crippen LogP contribution in [0.5, 0.6) is 0 Å². The number of halogens is 1. The van der Waals surface area contributed by atoms with Crippen LogP contribution in [0.25, 0.3) is 0 Å². The lowest BCUT2D eigenvalue weighted by molar-refractivity contribution is -0.238. The second-order valence-electron chi connectivity index (χ2n) is 2.66. The fourth-order valence-corrected chi connectivity index (χ4v) is 1.33. The van der Waals surface area contributed by atoms with Gasteiger partial charge >= 0.3 is 0 Å². The molecule has 0 aromatic rings. The van der Waals surface area contributed by atoms with Gasteiger partial charge in [0.1, 0.15) is 6.10 Å². The van der Waals surface area contributed by atoms with Gasteiger partial charge in [-0.25, -0.2) is 0 Å². The molecule has 0 aromatic heterocycles. The molecule has 0 aliphatic carbocycles. The highest BCUT2D eigenvalue weighted by Crippen LogP contribution is 2.23. The summed E-state index contributed by atoms with van der Waals surface area (Å²) in [5, 5.41) is 26.4. The van der Waals surface area contributed by atoms with E-state index in [0.717, 1.165) is 0 Å². The minimum atomic E-state index is -1.30. The van der Waals surface area contributed by atoms with Gasteiger partial charge in [-0.2, -0.15) is 0 Å². The van der Waals surface area contributed by atoms with Crippen LogP contribution in [0.1, 0.15) is 6.92 Å². The number of ether oxygens (including phenoxy) is 1. The first-order valence-electron chi connectivity index (χ1n) is 3.37. The van der Waals surface area contributed by atoms with Crippen molar-refractivity contribution in [2.45, 2.75) is 36.9 Å². The summed E-state index contributed by atoms with van der Waals surface area (Å²) >= 11 is 5.57. The Morgan fingerprint density at radius 2 is 1.73 bits per heavy atom. The Hall–Kier alpha value is 0.130. The maximum Gasteiger partial charge on any atom is 0.182 e. The Bertz CT molecular complexity index is 129. The lowest BCUT2D eigenvalue weighted by Crippen LogP contribution is -2.54. The molecule has 0 radical (unpaired) electrons. The van der Waals surface area contributed by atoms with Crippen LogP contribution < -0.4 is 0 Å². The number of rotatable bonds is 0. The minimum absolute atomic E-state index is 0.545. The molecule has 1 aliphatic heterocycles. The fourth-order valence-electron chi connectivity index (χ4n) is 0.999. The Labute approximate surface area is 69.4 Å². The first-order chi connectivity index (χ1) is 5.04. The lowest BCUT2D eigenvalue weighted by Gasteiger charge is -2.36. The predicted octanol–water partition coefficient (Wildman–Crippen LogP) is -0.947. The number of alkyl halides is 1. The number of hydrogen-bond donors (Lipinski definition) is 3. The predicted molar refractivity (Wildman–Crippen MR) is 38.2 cm³/mol. The van der Waals surface area contributed by atoms with E-state index in [-0.39, 0.29) is 0 Å². The standard InChI is InChI=1S/C6H11ClO4/c1-2-4(8)3(7)5(9)6(10)11-2/h2-6,8-10H,1H3/t2-,3-,4-,5-,6-/m1/s1. The van der Waals surface area contributed by atoms with E-state index >= 15 is 0 Å². The molecule has 0 aromatic carbocycles. The molecule has 0 bridgehead atoms. The van der Waals surface area contributed by atoms with Crippen LogP contribution in [0.2, 0.25) is 0 Å². The highest BCUT2D eigenvalue weighted by Gasteiger charge is 2.40. The molecule has 5 atom stereocenters. The summed E-state index contributed by atoms with van der Waals surface area (Å²) < 4.78 is 4.75. The van der Waals surface area contributed by atoms with E-state index in [1.165, 1.54) is 0 Å². The molecule has 1 heterocycles. The van der Waals surface area contributed by atoms with Crippen molar-refractivity contribution in [3.8, 4) is 0 Å². The molecule has 0 spiro atoms. The zero-order chi connectivity index (χ0) is 8.59. The summed E-state index contributed by atoms with van der Waals surface area (Å²) in [6.07, 6.45) is -4.00. The van der Waals surface area contributed by atoms with Crippen molar-refractivity contribution >= 4 is 11.6 Å². The van der Waals surface area contributed by atoms with Crippen molar-refractivity contribution in [3.05, 3.63) is 0 Å². The average molecular weight is 183 g/mol. The molecule has 1 fully saturated rings. The first-order valence-corrected chi connectivity index (χ1v) is 3.81.